The number of aromatic amines is 1. The van der Waals surface area contributed by atoms with Gasteiger partial charge in [-0.1, -0.05) is 48.5 Å². The fourth-order valence-corrected chi connectivity index (χ4v) is 3.30. The molecular formula is C23H23N5O. The number of fused-ring (bicyclic) bond motifs is 1. The topological polar surface area (TPSA) is 82.7 Å². The Morgan fingerprint density at radius 1 is 0.931 bits per heavy atom. The number of carbonyl (C=O) groups excluding carboxylic acids is 1. The minimum atomic E-state index is -0.192. The maximum Gasteiger partial charge on any atom is 0.270 e. The van der Waals surface area contributed by atoms with Crippen molar-refractivity contribution >= 4 is 22.6 Å². The van der Waals surface area contributed by atoms with Gasteiger partial charge in [0, 0.05) is 36.3 Å². The number of para-hydroxylation sites is 1. The zero-order valence-corrected chi connectivity index (χ0v) is 16.1. The SMILES string of the molecule is O=C(NCCc1ccccc1)c1cc(NCCc2c[nH]c3ccccc23)ncn1. The molecule has 2 heterocycles. The van der Waals surface area contributed by atoms with Crippen LogP contribution in [0.2, 0.25) is 0 Å². The molecular weight excluding hydrogens is 362 g/mol. The van der Waals surface area contributed by atoms with Gasteiger partial charge in [-0.05, 0) is 30.0 Å². The number of anilines is 1. The molecule has 0 saturated carbocycles. The van der Waals surface area contributed by atoms with E-state index >= 15 is 0 Å². The number of rotatable bonds is 8. The molecule has 0 spiro atoms. The second-order valence-corrected chi connectivity index (χ2v) is 6.82. The molecule has 0 fully saturated rings. The van der Waals surface area contributed by atoms with E-state index in [1.54, 1.807) is 6.07 Å². The van der Waals surface area contributed by atoms with Crippen LogP contribution in [0.5, 0.6) is 0 Å². The highest BCUT2D eigenvalue weighted by Crippen LogP contribution is 2.18. The molecule has 1 amide bonds. The summed E-state index contributed by atoms with van der Waals surface area (Å²) in [4.78, 5) is 24.0. The highest BCUT2D eigenvalue weighted by atomic mass is 16.1. The average molecular weight is 385 g/mol. The van der Waals surface area contributed by atoms with Gasteiger partial charge in [0.2, 0.25) is 0 Å². The molecule has 0 aliphatic rings. The smallest absolute Gasteiger partial charge is 0.270 e. The number of aromatic nitrogens is 3. The molecule has 0 radical (unpaired) electrons. The maximum atomic E-state index is 12.4. The highest BCUT2D eigenvalue weighted by molar-refractivity contribution is 5.92. The van der Waals surface area contributed by atoms with Crippen molar-refractivity contribution in [3.05, 3.63) is 90.0 Å². The molecule has 6 nitrogen and oxygen atoms in total. The van der Waals surface area contributed by atoms with Gasteiger partial charge in [-0.3, -0.25) is 4.79 Å². The van der Waals surface area contributed by atoms with Crippen LogP contribution in [-0.4, -0.2) is 33.9 Å². The first kappa shape index (κ1) is 18.7. The summed E-state index contributed by atoms with van der Waals surface area (Å²) < 4.78 is 0. The maximum absolute atomic E-state index is 12.4. The summed E-state index contributed by atoms with van der Waals surface area (Å²) in [7, 11) is 0. The Labute approximate surface area is 169 Å². The first-order chi connectivity index (χ1) is 14.3. The minimum Gasteiger partial charge on any atom is -0.370 e. The molecule has 3 N–H and O–H groups in total. The van der Waals surface area contributed by atoms with Crippen LogP contribution in [0.3, 0.4) is 0 Å². The molecule has 0 bridgehead atoms. The summed E-state index contributed by atoms with van der Waals surface area (Å²) in [6, 6.07) is 20.0. The molecule has 0 unspecified atom stereocenters. The van der Waals surface area contributed by atoms with E-state index in [1.165, 1.54) is 22.8 Å². The molecule has 0 saturated heterocycles. The van der Waals surface area contributed by atoms with Crippen molar-refractivity contribution in [3.8, 4) is 0 Å². The van der Waals surface area contributed by atoms with Gasteiger partial charge in [0.15, 0.2) is 0 Å². The normalized spacial score (nSPS) is 10.8. The lowest BCUT2D eigenvalue weighted by Crippen LogP contribution is -2.26. The number of hydrogen-bond acceptors (Lipinski definition) is 4. The number of benzene rings is 2. The highest BCUT2D eigenvalue weighted by Gasteiger charge is 2.09. The fourth-order valence-electron chi connectivity index (χ4n) is 3.30. The first-order valence-corrected chi connectivity index (χ1v) is 9.72. The molecule has 0 atom stereocenters. The summed E-state index contributed by atoms with van der Waals surface area (Å²) in [5, 5.41) is 7.42. The summed E-state index contributed by atoms with van der Waals surface area (Å²) in [6.07, 6.45) is 5.10. The first-order valence-electron chi connectivity index (χ1n) is 9.72. The molecule has 4 rings (SSSR count). The molecule has 6 heteroatoms. The van der Waals surface area contributed by atoms with E-state index in [4.69, 9.17) is 0 Å². The van der Waals surface area contributed by atoms with Crippen LogP contribution in [0.1, 0.15) is 21.6 Å². The van der Waals surface area contributed by atoms with Crippen LogP contribution >= 0.6 is 0 Å². The Morgan fingerprint density at radius 3 is 2.66 bits per heavy atom. The second kappa shape index (κ2) is 9.01. The van der Waals surface area contributed by atoms with E-state index in [2.05, 4.69) is 37.7 Å². The van der Waals surface area contributed by atoms with Gasteiger partial charge in [-0.2, -0.15) is 0 Å². The summed E-state index contributed by atoms with van der Waals surface area (Å²) in [5.41, 5.74) is 3.94. The third kappa shape index (κ3) is 4.79. The van der Waals surface area contributed by atoms with Crippen molar-refractivity contribution < 1.29 is 4.79 Å². The van der Waals surface area contributed by atoms with Crippen molar-refractivity contribution in [2.24, 2.45) is 0 Å². The number of nitrogens with one attached hydrogen (secondary N) is 3. The number of carbonyl (C=O) groups is 1. The molecule has 146 valence electrons. The van der Waals surface area contributed by atoms with E-state index in [0.29, 0.717) is 24.6 Å². The third-order valence-electron chi connectivity index (χ3n) is 4.82. The second-order valence-electron chi connectivity index (χ2n) is 6.82. The van der Waals surface area contributed by atoms with E-state index < -0.39 is 0 Å². The Hall–Kier alpha value is -3.67. The van der Waals surface area contributed by atoms with Crippen LogP contribution in [0.4, 0.5) is 5.82 Å². The van der Waals surface area contributed by atoms with Crippen LogP contribution < -0.4 is 10.6 Å². The van der Waals surface area contributed by atoms with Crippen LogP contribution in [0.25, 0.3) is 10.9 Å². The zero-order chi connectivity index (χ0) is 19.9. The van der Waals surface area contributed by atoms with Crippen LogP contribution in [0, 0.1) is 0 Å². The molecule has 0 aliphatic carbocycles. The summed E-state index contributed by atoms with van der Waals surface area (Å²) >= 11 is 0. The van der Waals surface area contributed by atoms with Crippen molar-refractivity contribution in [1.82, 2.24) is 20.3 Å². The van der Waals surface area contributed by atoms with E-state index in [0.717, 1.165) is 18.4 Å². The van der Waals surface area contributed by atoms with Gasteiger partial charge in [0.1, 0.15) is 17.8 Å². The van der Waals surface area contributed by atoms with Gasteiger partial charge in [-0.15, -0.1) is 0 Å². The van der Waals surface area contributed by atoms with Gasteiger partial charge in [-0.25, -0.2) is 9.97 Å². The van der Waals surface area contributed by atoms with Crippen molar-refractivity contribution in [1.29, 1.82) is 0 Å². The molecule has 2 aromatic carbocycles. The molecule has 4 aromatic rings. The van der Waals surface area contributed by atoms with Crippen LogP contribution in [0.15, 0.2) is 73.2 Å². The number of amides is 1. The van der Waals surface area contributed by atoms with E-state index in [9.17, 15) is 4.79 Å². The van der Waals surface area contributed by atoms with Gasteiger partial charge in [0.25, 0.3) is 5.91 Å². The number of hydrogen-bond donors (Lipinski definition) is 3. The lowest BCUT2D eigenvalue weighted by atomic mass is 10.1. The average Bonchev–Trinajstić information content (AvgIpc) is 3.18. The van der Waals surface area contributed by atoms with Crippen LogP contribution in [-0.2, 0) is 12.8 Å². The largest absolute Gasteiger partial charge is 0.370 e. The zero-order valence-electron chi connectivity index (χ0n) is 16.1. The van der Waals surface area contributed by atoms with Gasteiger partial charge >= 0.3 is 0 Å². The predicted octanol–water partition coefficient (Wildman–Crippen LogP) is 3.59. The Morgan fingerprint density at radius 2 is 1.76 bits per heavy atom. The fraction of sp³-hybridized carbons (Fsp3) is 0.174. The number of H-pyrrole nitrogens is 1. The summed E-state index contributed by atoms with van der Waals surface area (Å²) in [5.74, 6) is 0.455. The Kier molecular flexibility index (Phi) is 5.81. The monoisotopic (exact) mass is 385 g/mol. The summed E-state index contributed by atoms with van der Waals surface area (Å²) in [6.45, 7) is 1.28. The van der Waals surface area contributed by atoms with Crippen molar-refractivity contribution in [2.45, 2.75) is 12.8 Å². The van der Waals surface area contributed by atoms with Crippen molar-refractivity contribution in [2.75, 3.05) is 18.4 Å². The lowest BCUT2D eigenvalue weighted by Gasteiger charge is -2.08. The van der Waals surface area contributed by atoms with Crippen molar-refractivity contribution in [3.63, 3.8) is 0 Å². The number of nitrogens with zero attached hydrogens (tertiary/aromatic N) is 2. The molecule has 2 aromatic heterocycles. The Bertz CT molecular complexity index is 1090. The lowest BCUT2D eigenvalue weighted by molar-refractivity contribution is 0.0949. The van der Waals surface area contributed by atoms with Gasteiger partial charge in [0.05, 0.1) is 0 Å². The third-order valence-corrected chi connectivity index (χ3v) is 4.82. The quantitative estimate of drug-likeness (QED) is 0.433. The van der Waals surface area contributed by atoms with E-state index in [1.807, 2.05) is 48.7 Å². The van der Waals surface area contributed by atoms with E-state index in [-0.39, 0.29) is 5.91 Å². The van der Waals surface area contributed by atoms with Gasteiger partial charge < -0.3 is 15.6 Å². The Balaban J connectivity index is 1.29. The standard InChI is InChI=1S/C23H23N5O/c29-23(25-12-10-17-6-2-1-3-7-17)21-14-22(28-16-27-21)24-13-11-18-15-26-20-9-5-4-8-19(18)20/h1-9,14-16,26H,10-13H2,(H,25,29)(H,24,27,28). The predicted molar refractivity (Wildman–Crippen MR) is 115 cm³/mol. The molecule has 29 heavy (non-hydrogen) atoms. The molecule has 0 aliphatic heterocycles. The minimum absolute atomic E-state index is 0.192.